The molecule has 128 valence electrons. The molecule has 0 radical (unpaired) electrons. The lowest BCUT2D eigenvalue weighted by atomic mass is 9.80. The first-order valence-corrected chi connectivity index (χ1v) is 9.13. The smallest absolute Gasteiger partial charge is 0.138 e. The van der Waals surface area contributed by atoms with Gasteiger partial charge in [-0.05, 0) is 67.8 Å². The van der Waals surface area contributed by atoms with Crippen molar-refractivity contribution in [2.24, 2.45) is 11.3 Å². The zero-order chi connectivity index (χ0) is 16.4. The van der Waals surface area contributed by atoms with E-state index in [2.05, 4.69) is 15.4 Å². The number of hydrogen-bond acceptors (Lipinski definition) is 4. The first-order valence-electron chi connectivity index (χ1n) is 8.70. The number of nitrogens with zero attached hydrogens (tertiary/aromatic N) is 3. The summed E-state index contributed by atoms with van der Waals surface area (Å²) in [6.07, 6.45) is 8.12. The van der Waals surface area contributed by atoms with E-state index >= 15 is 0 Å². The predicted molar refractivity (Wildman–Crippen MR) is 93.8 cm³/mol. The van der Waals surface area contributed by atoms with Gasteiger partial charge in [-0.15, -0.1) is 11.6 Å². The SMILES string of the molecule is ClC1CNCCC1C1(CCOc2ccc(-n3cncn3)cc2)CC1. The van der Waals surface area contributed by atoms with Gasteiger partial charge in [0.05, 0.1) is 12.3 Å². The minimum Gasteiger partial charge on any atom is -0.494 e. The van der Waals surface area contributed by atoms with E-state index in [4.69, 9.17) is 16.3 Å². The highest BCUT2D eigenvalue weighted by atomic mass is 35.5. The minimum absolute atomic E-state index is 0.267. The van der Waals surface area contributed by atoms with Crippen molar-refractivity contribution in [2.45, 2.75) is 31.1 Å². The molecule has 1 N–H and O–H groups in total. The van der Waals surface area contributed by atoms with E-state index in [0.717, 1.165) is 37.6 Å². The average Bonchev–Trinajstić information content (AvgIpc) is 3.18. The Morgan fingerprint density at radius 2 is 2.12 bits per heavy atom. The van der Waals surface area contributed by atoms with Gasteiger partial charge in [0.1, 0.15) is 18.4 Å². The number of alkyl halides is 1. The molecule has 0 spiro atoms. The molecule has 2 unspecified atom stereocenters. The molecule has 2 fully saturated rings. The van der Waals surface area contributed by atoms with Crippen LogP contribution in [-0.4, -0.2) is 39.8 Å². The van der Waals surface area contributed by atoms with Crippen LogP contribution >= 0.6 is 11.6 Å². The predicted octanol–water partition coefficient (Wildman–Crippen LogP) is 3.03. The summed E-state index contributed by atoms with van der Waals surface area (Å²) < 4.78 is 7.71. The number of nitrogens with one attached hydrogen (secondary N) is 1. The van der Waals surface area contributed by atoms with Crippen molar-refractivity contribution >= 4 is 11.6 Å². The van der Waals surface area contributed by atoms with Crippen LogP contribution in [0.15, 0.2) is 36.9 Å². The molecular formula is C18H23ClN4O. The Labute approximate surface area is 147 Å². The van der Waals surface area contributed by atoms with Crippen LogP contribution in [0.1, 0.15) is 25.7 Å². The molecule has 2 heterocycles. The molecule has 2 atom stereocenters. The molecule has 1 aromatic heterocycles. The van der Waals surface area contributed by atoms with Crippen molar-refractivity contribution in [2.75, 3.05) is 19.7 Å². The summed E-state index contributed by atoms with van der Waals surface area (Å²) in [5, 5.41) is 7.78. The van der Waals surface area contributed by atoms with Crippen molar-refractivity contribution < 1.29 is 4.74 Å². The van der Waals surface area contributed by atoms with Gasteiger partial charge >= 0.3 is 0 Å². The third kappa shape index (κ3) is 3.28. The lowest BCUT2D eigenvalue weighted by Crippen LogP contribution is -2.41. The second kappa shape index (κ2) is 6.73. The van der Waals surface area contributed by atoms with Crippen molar-refractivity contribution in [3.05, 3.63) is 36.9 Å². The quantitative estimate of drug-likeness (QED) is 0.817. The number of ether oxygens (including phenoxy) is 1. The highest BCUT2D eigenvalue weighted by Crippen LogP contribution is 2.58. The van der Waals surface area contributed by atoms with Gasteiger partial charge in [0, 0.05) is 11.9 Å². The summed E-state index contributed by atoms with van der Waals surface area (Å²) in [6, 6.07) is 7.98. The minimum atomic E-state index is 0.267. The maximum Gasteiger partial charge on any atom is 0.138 e. The van der Waals surface area contributed by atoms with Crippen LogP contribution in [0.25, 0.3) is 5.69 Å². The maximum atomic E-state index is 6.55. The second-order valence-electron chi connectivity index (χ2n) is 6.91. The van der Waals surface area contributed by atoms with E-state index < -0.39 is 0 Å². The first-order chi connectivity index (χ1) is 11.8. The van der Waals surface area contributed by atoms with Crippen LogP contribution in [0.3, 0.4) is 0 Å². The molecule has 1 saturated heterocycles. The molecule has 4 rings (SSSR count). The third-order valence-electron chi connectivity index (χ3n) is 5.48. The molecule has 2 aromatic rings. The number of rotatable bonds is 6. The monoisotopic (exact) mass is 346 g/mol. The molecular weight excluding hydrogens is 324 g/mol. The van der Waals surface area contributed by atoms with Gasteiger partial charge < -0.3 is 10.1 Å². The fourth-order valence-electron chi connectivity index (χ4n) is 3.89. The van der Waals surface area contributed by atoms with E-state index in [0.29, 0.717) is 11.3 Å². The molecule has 5 nitrogen and oxygen atoms in total. The van der Waals surface area contributed by atoms with Crippen molar-refractivity contribution in [3.8, 4) is 11.4 Å². The summed E-state index contributed by atoms with van der Waals surface area (Å²) in [4.78, 5) is 3.96. The average molecular weight is 347 g/mol. The first kappa shape index (κ1) is 15.9. The van der Waals surface area contributed by atoms with E-state index in [-0.39, 0.29) is 5.38 Å². The molecule has 1 saturated carbocycles. The van der Waals surface area contributed by atoms with E-state index in [1.54, 1.807) is 11.0 Å². The number of benzene rings is 1. The lowest BCUT2D eigenvalue weighted by Gasteiger charge is -2.34. The maximum absolute atomic E-state index is 6.55. The Hall–Kier alpha value is -1.59. The molecule has 0 bridgehead atoms. The molecule has 1 aromatic carbocycles. The molecule has 6 heteroatoms. The Bertz CT molecular complexity index is 654. The summed E-state index contributed by atoms with van der Waals surface area (Å²) >= 11 is 6.55. The van der Waals surface area contributed by atoms with Gasteiger partial charge in [-0.2, -0.15) is 5.10 Å². The second-order valence-corrected chi connectivity index (χ2v) is 7.47. The summed E-state index contributed by atoms with van der Waals surface area (Å²) in [7, 11) is 0. The lowest BCUT2D eigenvalue weighted by molar-refractivity contribution is 0.188. The van der Waals surface area contributed by atoms with Crippen LogP contribution in [0.5, 0.6) is 5.75 Å². The molecule has 2 aliphatic rings. The summed E-state index contributed by atoms with van der Waals surface area (Å²) in [6.45, 7) is 2.80. The standard InChI is InChI=1S/C18H23ClN4O/c19-17-11-20-9-5-16(17)18(6-7-18)8-10-24-15-3-1-14(2-4-15)23-13-21-12-22-23/h1-4,12-13,16-17,20H,5-11H2. The molecule has 1 aliphatic heterocycles. The Morgan fingerprint density at radius 1 is 1.29 bits per heavy atom. The van der Waals surface area contributed by atoms with Crippen molar-refractivity contribution in [1.82, 2.24) is 20.1 Å². The highest BCUT2D eigenvalue weighted by molar-refractivity contribution is 6.21. The largest absolute Gasteiger partial charge is 0.494 e. The number of piperidine rings is 1. The number of aromatic nitrogens is 3. The number of halogens is 1. The van der Waals surface area contributed by atoms with E-state index in [9.17, 15) is 0 Å². The Balaban J connectivity index is 1.31. The van der Waals surface area contributed by atoms with Gasteiger partial charge in [0.25, 0.3) is 0 Å². The van der Waals surface area contributed by atoms with Gasteiger partial charge in [0.15, 0.2) is 0 Å². The zero-order valence-electron chi connectivity index (χ0n) is 13.7. The summed E-state index contributed by atoms with van der Waals surface area (Å²) in [5.41, 5.74) is 1.41. The van der Waals surface area contributed by atoms with Crippen LogP contribution in [0.2, 0.25) is 0 Å². The molecule has 1 aliphatic carbocycles. The van der Waals surface area contributed by atoms with Crippen molar-refractivity contribution in [3.63, 3.8) is 0 Å². The topological polar surface area (TPSA) is 52.0 Å². The van der Waals surface area contributed by atoms with Gasteiger partial charge in [-0.1, -0.05) is 0 Å². The summed E-state index contributed by atoms with van der Waals surface area (Å²) in [5.74, 6) is 1.54. The zero-order valence-corrected chi connectivity index (χ0v) is 14.5. The Morgan fingerprint density at radius 3 is 2.79 bits per heavy atom. The number of hydrogen-bond donors (Lipinski definition) is 1. The van der Waals surface area contributed by atoms with Crippen LogP contribution < -0.4 is 10.1 Å². The fraction of sp³-hybridized carbons (Fsp3) is 0.556. The van der Waals surface area contributed by atoms with E-state index in [1.807, 2.05) is 24.3 Å². The normalized spacial score (nSPS) is 25.4. The van der Waals surface area contributed by atoms with Crippen LogP contribution in [0.4, 0.5) is 0 Å². The highest BCUT2D eigenvalue weighted by Gasteiger charge is 2.51. The molecule has 24 heavy (non-hydrogen) atoms. The van der Waals surface area contributed by atoms with E-state index in [1.165, 1.54) is 25.6 Å². The fourth-order valence-corrected chi connectivity index (χ4v) is 4.39. The van der Waals surface area contributed by atoms with Gasteiger partial charge in [-0.25, -0.2) is 9.67 Å². The van der Waals surface area contributed by atoms with Crippen LogP contribution in [0, 0.1) is 11.3 Å². The van der Waals surface area contributed by atoms with Gasteiger partial charge in [0.2, 0.25) is 0 Å². The van der Waals surface area contributed by atoms with Gasteiger partial charge in [-0.3, -0.25) is 0 Å². The Kier molecular flexibility index (Phi) is 4.46. The molecule has 0 amide bonds. The van der Waals surface area contributed by atoms with Crippen molar-refractivity contribution in [1.29, 1.82) is 0 Å². The van der Waals surface area contributed by atoms with Crippen LogP contribution in [-0.2, 0) is 0 Å². The third-order valence-corrected chi connectivity index (χ3v) is 5.93.